The number of halogens is 4. The van der Waals surface area contributed by atoms with Gasteiger partial charge in [0.15, 0.2) is 11.4 Å². The summed E-state index contributed by atoms with van der Waals surface area (Å²) in [6.07, 6.45) is 6.92. The van der Waals surface area contributed by atoms with Crippen molar-refractivity contribution in [1.82, 2.24) is 48.9 Å². The number of benzene rings is 4. The Morgan fingerprint density at radius 1 is 0.600 bits per heavy atom. The number of hydrogen-bond donors (Lipinski definition) is 1. The molecule has 1 N–H and O–H groups in total. The summed E-state index contributed by atoms with van der Waals surface area (Å²) >= 11 is 25.5. The highest BCUT2D eigenvalue weighted by molar-refractivity contribution is 6.35. The average molecular weight is 1170 g/mol. The van der Waals surface area contributed by atoms with E-state index in [0.717, 1.165) is 16.7 Å². The molecule has 19 nitrogen and oxygen atoms in total. The maximum Gasteiger partial charge on any atom is 0.327 e. The van der Waals surface area contributed by atoms with Crippen molar-refractivity contribution in [2.45, 2.75) is 78.9 Å². The molecule has 0 aliphatic carbocycles. The monoisotopic (exact) mass is 1170 g/mol. The summed E-state index contributed by atoms with van der Waals surface area (Å²) < 4.78 is 35.0. The minimum Gasteiger partial charge on any atom is -0.496 e. The molecule has 6 heterocycles. The van der Waals surface area contributed by atoms with Crippen LogP contribution in [-0.2, 0) is 35.8 Å². The van der Waals surface area contributed by atoms with E-state index in [2.05, 4.69) is 10.2 Å². The van der Waals surface area contributed by atoms with Gasteiger partial charge in [0.05, 0.1) is 69.6 Å². The van der Waals surface area contributed by atoms with Crippen LogP contribution >= 0.6 is 46.4 Å². The molecule has 0 unspecified atom stereocenters. The van der Waals surface area contributed by atoms with Crippen molar-refractivity contribution in [2.24, 2.45) is 0 Å². The fourth-order valence-electron chi connectivity index (χ4n) is 9.03. The fourth-order valence-corrected chi connectivity index (χ4v) is 10.1. The molecular weight excluding hydrogens is 1110 g/mol. The number of hydrogen-bond acceptors (Lipinski definition) is 13. The van der Waals surface area contributed by atoms with Gasteiger partial charge in [-0.2, -0.15) is 20.4 Å². The van der Waals surface area contributed by atoms with Gasteiger partial charge in [0.2, 0.25) is 0 Å². The zero-order valence-electron chi connectivity index (χ0n) is 45.8. The van der Waals surface area contributed by atoms with E-state index in [1.54, 1.807) is 113 Å². The molecule has 2 aliphatic heterocycles. The van der Waals surface area contributed by atoms with Crippen molar-refractivity contribution in [3.05, 3.63) is 128 Å². The predicted molar refractivity (Wildman–Crippen MR) is 305 cm³/mol. The van der Waals surface area contributed by atoms with Gasteiger partial charge in [0, 0.05) is 114 Å². The van der Waals surface area contributed by atoms with Crippen molar-refractivity contribution in [2.75, 3.05) is 42.0 Å². The van der Waals surface area contributed by atoms with Gasteiger partial charge in [-0.15, -0.1) is 0 Å². The van der Waals surface area contributed by atoms with Crippen LogP contribution in [0.3, 0.4) is 0 Å². The Hall–Kier alpha value is -7.55. The maximum atomic E-state index is 13.7. The lowest BCUT2D eigenvalue weighted by Gasteiger charge is -2.31. The third kappa shape index (κ3) is 11.3. The minimum atomic E-state index is -0.439. The molecule has 0 saturated carbocycles. The zero-order chi connectivity index (χ0) is 57.7. The summed E-state index contributed by atoms with van der Waals surface area (Å²) in [7, 11) is 7.99. The topological polar surface area (TPSA) is 195 Å². The van der Waals surface area contributed by atoms with Gasteiger partial charge in [0.25, 0.3) is 11.8 Å². The fraction of sp³-hybridized carbons (Fsp3) is 0.316. The molecule has 418 valence electrons. The first-order valence-corrected chi connectivity index (χ1v) is 26.6. The number of nitrogens with zero attached hydrogens (tertiary/aromatic N) is 10. The molecular formula is C57H58Cl4N10O9. The normalized spacial score (nSPS) is 12.4. The molecule has 0 atom stereocenters. The Labute approximate surface area is 481 Å². The standard InChI is InChI=1S/C29H29Cl2N5O5.C28H29Cl2N5O4/c1-29(2,3)34(4)28(38)26-22-15-41-24-11-23(39-5)20(16-12-32-35(13-16)14-25(37)40-6)10-21(24)27(22)36(33-26)19-8-17(30)7-18(31)9-19;1-28(2,3)33(4)27(37)25-22-15-39-24-12-23(38-5)20(16-13-31-34(14-16)6-7-36)11-21(24)26(22)35(32-25)19-9-17(29)8-18(30)10-19/h7-13H,14-15H2,1-6H3;8-14,36H,6-7,15H2,1-5H3. The van der Waals surface area contributed by atoms with Crippen LogP contribution < -0.4 is 18.9 Å². The maximum absolute atomic E-state index is 13.7. The minimum absolute atomic E-state index is 0.0269. The van der Waals surface area contributed by atoms with Crippen LogP contribution in [0.1, 0.15) is 73.6 Å². The summed E-state index contributed by atoms with van der Waals surface area (Å²) in [5.41, 5.74) is 7.95. The molecule has 0 bridgehead atoms. The van der Waals surface area contributed by atoms with Crippen LogP contribution in [0.2, 0.25) is 20.1 Å². The van der Waals surface area contributed by atoms with Crippen LogP contribution in [0.5, 0.6) is 23.0 Å². The Bertz CT molecular complexity index is 3680. The molecule has 2 aliphatic rings. The third-order valence-electron chi connectivity index (χ3n) is 13.8. The Kier molecular flexibility index (Phi) is 16.1. The van der Waals surface area contributed by atoms with Crippen molar-refractivity contribution in [3.8, 4) is 79.1 Å². The molecule has 0 radical (unpaired) electrons. The van der Waals surface area contributed by atoms with Crippen molar-refractivity contribution >= 4 is 64.2 Å². The second-order valence-electron chi connectivity index (χ2n) is 20.9. The molecule has 4 aromatic carbocycles. The SMILES string of the molecule is COC(=O)Cn1cc(-c2cc3c(cc2OC)OCc2c(C(=O)N(C)C(C)(C)C)nn(-c4cc(Cl)cc(Cl)c4)c2-3)cn1.COc1cc2c(cc1-c1cnn(CCO)c1)-c1c(c(C(=O)N(C)C(C)(C)C)nn1-c1cc(Cl)cc(Cl)c1)CO2. The highest BCUT2D eigenvalue weighted by atomic mass is 35.5. The lowest BCUT2D eigenvalue weighted by Crippen LogP contribution is -2.43. The van der Waals surface area contributed by atoms with Crippen LogP contribution in [0.15, 0.2) is 85.5 Å². The number of amides is 2. The molecule has 0 spiro atoms. The molecule has 4 aromatic heterocycles. The van der Waals surface area contributed by atoms with Gasteiger partial charge in [-0.05, 0) is 90.1 Å². The highest BCUT2D eigenvalue weighted by Crippen LogP contribution is 2.48. The number of carbonyl (C=O) groups is 3. The number of methoxy groups -OCH3 is 3. The van der Waals surface area contributed by atoms with E-state index >= 15 is 0 Å². The Morgan fingerprint density at radius 2 is 1.00 bits per heavy atom. The smallest absolute Gasteiger partial charge is 0.327 e. The highest BCUT2D eigenvalue weighted by Gasteiger charge is 2.37. The number of carbonyl (C=O) groups excluding carboxylic acids is 3. The second-order valence-corrected chi connectivity index (χ2v) is 22.6. The molecule has 80 heavy (non-hydrogen) atoms. The van der Waals surface area contributed by atoms with Crippen LogP contribution in [0, 0.1) is 0 Å². The molecule has 23 heteroatoms. The largest absolute Gasteiger partial charge is 0.496 e. The molecule has 8 aromatic rings. The summed E-state index contributed by atoms with van der Waals surface area (Å²) in [5, 5.41) is 29.3. The van der Waals surface area contributed by atoms with Gasteiger partial charge in [-0.1, -0.05) is 46.4 Å². The van der Waals surface area contributed by atoms with E-state index in [0.29, 0.717) is 100 Å². The van der Waals surface area contributed by atoms with Gasteiger partial charge in [-0.3, -0.25) is 23.7 Å². The summed E-state index contributed by atoms with van der Waals surface area (Å²) in [6.45, 7) is 12.3. The first kappa shape index (κ1) is 57.1. The molecule has 0 fully saturated rings. The van der Waals surface area contributed by atoms with Crippen molar-refractivity contribution in [3.63, 3.8) is 0 Å². The summed E-state index contributed by atoms with van der Waals surface area (Å²) in [5.74, 6) is 1.39. The number of ether oxygens (including phenoxy) is 5. The van der Waals surface area contributed by atoms with E-state index in [4.69, 9.17) is 80.3 Å². The molecule has 10 rings (SSSR count). The zero-order valence-corrected chi connectivity index (χ0v) is 48.8. The summed E-state index contributed by atoms with van der Waals surface area (Å²) in [6, 6.07) is 17.7. The molecule has 2 amide bonds. The van der Waals surface area contributed by atoms with Crippen molar-refractivity contribution in [1.29, 1.82) is 0 Å². The summed E-state index contributed by atoms with van der Waals surface area (Å²) in [4.78, 5) is 42.5. The first-order chi connectivity index (χ1) is 37.9. The number of aliphatic hydroxyl groups is 1. The number of aromatic nitrogens is 8. The Balaban J connectivity index is 0.000000194. The Morgan fingerprint density at radius 3 is 1.38 bits per heavy atom. The van der Waals surface area contributed by atoms with Crippen molar-refractivity contribution < 1.29 is 43.2 Å². The van der Waals surface area contributed by atoms with Crippen LogP contribution in [-0.4, -0.2) is 125 Å². The van der Waals surface area contributed by atoms with Gasteiger partial charge in [-0.25, -0.2) is 9.36 Å². The average Bonchev–Trinajstić information content (AvgIpc) is 4.38. The lowest BCUT2D eigenvalue weighted by atomic mass is 9.96. The second kappa shape index (κ2) is 22.5. The van der Waals surface area contributed by atoms with Crippen LogP contribution in [0.25, 0.3) is 56.1 Å². The van der Waals surface area contributed by atoms with E-state index in [-0.39, 0.29) is 49.6 Å². The quantitative estimate of drug-likeness (QED) is 0.114. The number of fused-ring (bicyclic) bond motifs is 6. The van der Waals surface area contributed by atoms with E-state index < -0.39 is 17.0 Å². The number of rotatable bonds is 12. The van der Waals surface area contributed by atoms with E-state index in [9.17, 15) is 19.5 Å². The van der Waals surface area contributed by atoms with Crippen LogP contribution in [0.4, 0.5) is 0 Å². The van der Waals surface area contributed by atoms with Gasteiger partial charge < -0.3 is 38.6 Å². The van der Waals surface area contributed by atoms with E-state index in [1.807, 2.05) is 65.9 Å². The predicted octanol–water partition coefficient (Wildman–Crippen LogP) is 11.1. The van der Waals surface area contributed by atoms with Gasteiger partial charge in [0.1, 0.15) is 42.8 Å². The first-order valence-electron chi connectivity index (χ1n) is 25.1. The molecule has 0 saturated heterocycles. The van der Waals surface area contributed by atoms with E-state index in [1.165, 1.54) is 11.8 Å². The number of aliphatic hydroxyl groups excluding tert-OH is 1. The number of esters is 1. The van der Waals surface area contributed by atoms with Gasteiger partial charge >= 0.3 is 5.97 Å². The third-order valence-corrected chi connectivity index (χ3v) is 14.6. The lowest BCUT2D eigenvalue weighted by molar-refractivity contribution is -0.141.